The SMILES string of the molecule is CC#CC1=CC(c2ccc3c(c2)C2(COC(N)=N2)C2(COC2)C(CC)O3)=CC(C)CC=C1. The molecule has 2 spiro atoms. The zero-order valence-corrected chi connectivity index (χ0v) is 19.0. The molecule has 1 aromatic carbocycles. The Morgan fingerprint density at radius 2 is 2.09 bits per heavy atom. The van der Waals surface area contributed by atoms with Crippen LogP contribution in [0.4, 0.5) is 0 Å². The Hall–Kier alpha value is -2.97. The highest BCUT2D eigenvalue weighted by Crippen LogP contribution is 2.59. The molecule has 0 amide bonds. The molecule has 166 valence electrons. The normalized spacial score (nSPS) is 29.8. The summed E-state index contributed by atoms with van der Waals surface area (Å²) in [7, 11) is 0. The van der Waals surface area contributed by atoms with Gasteiger partial charge in [0.1, 0.15) is 24.0 Å². The number of nitrogens with zero attached hydrogens (tertiary/aromatic N) is 1. The van der Waals surface area contributed by atoms with Gasteiger partial charge in [-0.05, 0) is 55.0 Å². The lowest BCUT2D eigenvalue weighted by molar-refractivity contribution is -0.216. The second-order valence-electron chi connectivity index (χ2n) is 9.19. The maximum atomic E-state index is 6.51. The standard InChI is InChI=1S/C27H30N2O3/c1-4-7-19-9-6-8-18(3)12-21(13-19)20-10-11-23-22(14-20)27(17-31-25(28)29-27)26(15-30-16-26)24(5-2)32-23/h6,9-14,18,24H,5,8,15-17H2,1-3H3,(H2,28,29). The summed E-state index contributed by atoms with van der Waals surface area (Å²) < 4.78 is 18.0. The van der Waals surface area contributed by atoms with Gasteiger partial charge in [0, 0.05) is 11.1 Å². The predicted molar refractivity (Wildman–Crippen MR) is 126 cm³/mol. The molecule has 3 unspecified atom stereocenters. The van der Waals surface area contributed by atoms with Crippen LogP contribution >= 0.6 is 0 Å². The molecule has 0 saturated carbocycles. The molecule has 1 aromatic rings. The van der Waals surface area contributed by atoms with E-state index in [-0.39, 0.29) is 17.5 Å². The van der Waals surface area contributed by atoms with Gasteiger partial charge in [0.2, 0.25) is 0 Å². The highest BCUT2D eigenvalue weighted by Gasteiger charge is 2.67. The van der Waals surface area contributed by atoms with Crippen LogP contribution < -0.4 is 10.5 Å². The number of ether oxygens (including phenoxy) is 3. The molecule has 1 fully saturated rings. The van der Waals surface area contributed by atoms with E-state index in [1.54, 1.807) is 0 Å². The maximum Gasteiger partial charge on any atom is 0.283 e. The average molecular weight is 431 g/mol. The second-order valence-corrected chi connectivity index (χ2v) is 9.19. The van der Waals surface area contributed by atoms with Crippen molar-refractivity contribution in [2.45, 2.75) is 45.3 Å². The average Bonchev–Trinajstić information content (AvgIpc) is 3.12. The number of hydrogen-bond acceptors (Lipinski definition) is 5. The van der Waals surface area contributed by atoms with E-state index >= 15 is 0 Å². The molecular formula is C27H30N2O3. The molecule has 5 heteroatoms. The number of benzene rings is 1. The molecule has 0 radical (unpaired) electrons. The molecule has 3 heterocycles. The van der Waals surface area contributed by atoms with Crippen molar-refractivity contribution in [3.63, 3.8) is 0 Å². The first-order valence-corrected chi connectivity index (χ1v) is 11.4. The van der Waals surface area contributed by atoms with Crippen molar-refractivity contribution < 1.29 is 14.2 Å². The third-order valence-corrected chi connectivity index (χ3v) is 7.14. The first-order chi connectivity index (χ1) is 15.5. The molecule has 3 atom stereocenters. The molecule has 2 N–H and O–H groups in total. The molecule has 4 aliphatic rings. The smallest absolute Gasteiger partial charge is 0.283 e. The minimum absolute atomic E-state index is 0.00458. The molecule has 5 nitrogen and oxygen atoms in total. The van der Waals surface area contributed by atoms with Crippen molar-refractivity contribution in [1.29, 1.82) is 0 Å². The minimum atomic E-state index is -0.594. The maximum absolute atomic E-state index is 6.51. The van der Waals surface area contributed by atoms with Crippen LogP contribution in [0.15, 0.2) is 53.1 Å². The third-order valence-electron chi connectivity index (χ3n) is 7.14. The van der Waals surface area contributed by atoms with Gasteiger partial charge in [-0.2, -0.15) is 0 Å². The highest BCUT2D eigenvalue weighted by atomic mass is 16.5. The monoisotopic (exact) mass is 430 g/mol. The van der Waals surface area contributed by atoms with E-state index in [0.29, 0.717) is 25.7 Å². The molecule has 1 aliphatic carbocycles. The van der Waals surface area contributed by atoms with E-state index in [9.17, 15) is 0 Å². The second kappa shape index (κ2) is 7.86. The highest BCUT2D eigenvalue weighted by molar-refractivity contribution is 5.79. The van der Waals surface area contributed by atoms with Gasteiger partial charge < -0.3 is 19.9 Å². The molecule has 0 bridgehead atoms. The Balaban J connectivity index is 1.67. The summed E-state index contributed by atoms with van der Waals surface area (Å²) in [4.78, 5) is 4.92. The molecule has 0 aromatic heterocycles. The van der Waals surface area contributed by atoms with Crippen molar-refractivity contribution >= 4 is 11.6 Å². The number of nitrogens with two attached hydrogens (primary N) is 1. The van der Waals surface area contributed by atoms with Crippen molar-refractivity contribution in [2.75, 3.05) is 19.8 Å². The zero-order valence-electron chi connectivity index (χ0n) is 19.0. The van der Waals surface area contributed by atoms with Crippen LogP contribution in [0.3, 0.4) is 0 Å². The molecule has 32 heavy (non-hydrogen) atoms. The van der Waals surface area contributed by atoms with Crippen LogP contribution in [0.1, 0.15) is 44.7 Å². The summed E-state index contributed by atoms with van der Waals surface area (Å²) in [6.45, 7) is 7.85. The van der Waals surface area contributed by atoms with Crippen molar-refractivity contribution in [2.24, 2.45) is 22.1 Å². The Morgan fingerprint density at radius 3 is 2.75 bits per heavy atom. The Kier molecular flexibility index (Phi) is 5.14. The fourth-order valence-corrected chi connectivity index (χ4v) is 5.43. The fraction of sp³-hybridized carbons (Fsp3) is 0.444. The third kappa shape index (κ3) is 3.09. The van der Waals surface area contributed by atoms with Gasteiger partial charge >= 0.3 is 0 Å². The van der Waals surface area contributed by atoms with E-state index in [1.165, 1.54) is 0 Å². The van der Waals surface area contributed by atoms with E-state index in [2.05, 4.69) is 68.2 Å². The van der Waals surface area contributed by atoms with E-state index in [0.717, 1.165) is 40.9 Å². The van der Waals surface area contributed by atoms with Gasteiger partial charge in [-0.25, -0.2) is 4.99 Å². The Labute approximate surface area is 190 Å². The lowest BCUT2D eigenvalue weighted by Gasteiger charge is -2.57. The number of fused-ring (bicyclic) bond motifs is 3. The van der Waals surface area contributed by atoms with Crippen LogP contribution in [0.25, 0.3) is 5.57 Å². The quantitative estimate of drug-likeness (QED) is 0.709. The van der Waals surface area contributed by atoms with Gasteiger partial charge in [0.25, 0.3) is 6.02 Å². The first kappa shape index (κ1) is 20.9. The minimum Gasteiger partial charge on any atom is -0.489 e. The number of amidine groups is 1. The zero-order chi connectivity index (χ0) is 22.3. The van der Waals surface area contributed by atoms with E-state index in [4.69, 9.17) is 24.9 Å². The Morgan fingerprint density at radius 1 is 1.25 bits per heavy atom. The van der Waals surface area contributed by atoms with Gasteiger partial charge in [-0.3, -0.25) is 0 Å². The lowest BCUT2D eigenvalue weighted by Crippen LogP contribution is -2.67. The molecule has 1 saturated heterocycles. The predicted octanol–water partition coefficient (Wildman–Crippen LogP) is 4.34. The Bertz CT molecular complexity index is 1110. The van der Waals surface area contributed by atoms with Crippen LogP contribution in [0.5, 0.6) is 5.75 Å². The van der Waals surface area contributed by atoms with Crippen LogP contribution in [-0.4, -0.2) is 31.9 Å². The summed E-state index contributed by atoms with van der Waals surface area (Å²) in [5.41, 5.74) is 9.53. The number of rotatable bonds is 2. The number of allylic oxidation sites excluding steroid dienone is 6. The van der Waals surface area contributed by atoms with Gasteiger partial charge in [-0.15, -0.1) is 5.92 Å². The number of hydrogen-bond donors (Lipinski definition) is 1. The summed E-state index contributed by atoms with van der Waals surface area (Å²) >= 11 is 0. The fourth-order valence-electron chi connectivity index (χ4n) is 5.43. The summed E-state index contributed by atoms with van der Waals surface area (Å²) in [6.07, 6.45) is 10.7. The van der Waals surface area contributed by atoms with Crippen molar-refractivity contribution in [3.8, 4) is 17.6 Å². The summed E-state index contributed by atoms with van der Waals surface area (Å²) in [5.74, 6) is 7.52. The largest absolute Gasteiger partial charge is 0.489 e. The van der Waals surface area contributed by atoms with Gasteiger partial charge in [-0.1, -0.05) is 44.1 Å². The lowest BCUT2D eigenvalue weighted by atomic mass is 9.59. The molecular weight excluding hydrogens is 400 g/mol. The van der Waals surface area contributed by atoms with Gasteiger partial charge in [0.05, 0.1) is 18.6 Å². The first-order valence-electron chi connectivity index (χ1n) is 11.4. The number of aliphatic imine (C=N–C) groups is 1. The van der Waals surface area contributed by atoms with Crippen molar-refractivity contribution in [3.05, 3.63) is 59.2 Å². The van der Waals surface area contributed by atoms with E-state index in [1.807, 2.05) is 6.92 Å². The van der Waals surface area contributed by atoms with E-state index < -0.39 is 5.54 Å². The van der Waals surface area contributed by atoms with Crippen LogP contribution in [0.2, 0.25) is 0 Å². The molecule has 3 aliphatic heterocycles. The summed E-state index contributed by atoms with van der Waals surface area (Å²) in [5, 5.41) is 0. The molecule has 5 rings (SSSR count). The van der Waals surface area contributed by atoms with Crippen LogP contribution in [-0.2, 0) is 15.0 Å². The summed E-state index contributed by atoms with van der Waals surface area (Å²) in [6, 6.07) is 6.66. The topological polar surface area (TPSA) is 66.1 Å². The van der Waals surface area contributed by atoms with Gasteiger partial charge in [0.15, 0.2) is 0 Å². The van der Waals surface area contributed by atoms with Crippen molar-refractivity contribution in [1.82, 2.24) is 0 Å². The van der Waals surface area contributed by atoms with Crippen LogP contribution in [0, 0.1) is 23.2 Å².